The van der Waals surface area contributed by atoms with E-state index in [1.54, 1.807) is 7.11 Å². The van der Waals surface area contributed by atoms with E-state index >= 15 is 0 Å². The molecule has 0 bridgehead atoms. The van der Waals surface area contributed by atoms with Gasteiger partial charge in [0.1, 0.15) is 11.6 Å². The molecule has 0 aliphatic carbocycles. The van der Waals surface area contributed by atoms with Gasteiger partial charge in [-0.25, -0.2) is 4.98 Å². The fourth-order valence-electron chi connectivity index (χ4n) is 3.31. The number of nitrogens with one attached hydrogen (secondary N) is 1. The summed E-state index contributed by atoms with van der Waals surface area (Å²) in [5.74, 6) is 2.48. The second-order valence-corrected chi connectivity index (χ2v) is 6.46. The van der Waals surface area contributed by atoms with Gasteiger partial charge in [0.05, 0.1) is 7.11 Å². The molecule has 3 aromatic rings. The molecule has 1 saturated heterocycles. The Kier molecular flexibility index (Phi) is 4.48. The van der Waals surface area contributed by atoms with E-state index in [2.05, 4.69) is 61.4 Å². The van der Waals surface area contributed by atoms with Gasteiger partial charge in [-0.05, 0) is 55.5 Å². The highest BCUT2D eigenvalue weighted by Gasteiger charge is 2.18. The predicted molar refractivity (Wildman–Crippen MR) is 104 cm³/mol. The van der Waals surface area contributed by atoms with Crippen molar-refractivity contribution in [2.24, 2.45) is 0 Å². The van der Waals surface area contributed by atoms with Gasteiger partial charge in [-0.15, -0.1) is 0 Å². The maximum Gasteiger partial charge on any atom is 0.181 e. The molecular weight excluding hydrogens is 326 g/mol. The zero-order valence-electron chi connectivity index (χ0n) is 15.1. The zero-order chi connectivity index (χ0) is 17.9. The number of aryl methyl sites for hydroxylation is 1. The van der Waals surface area contributed by atoms with E-state index in [0.717, 1.165) is 49.1 Å². The average Bonchev–Trinajstić information content (AvgIpc) is 3.15. The molecule has 1 N–H and O–H groups in total. The van der Waals surface area contributed by atoms with Gasteiger partial charge in [-0.1, -0.05) is 0 Å². The highest BCUT2D eigenvalue weighted by molar-refractivity contribution is 5.61. The fraction of sp³-hybridized carbons (Fsp3) is 0.300. The third-order valence-corrected chi connectivity index (χ3v) is 4.81. The van der Waals surface area contributed by atoms with E-state index in [-0.39, 0.29) is 0 Å². The van der Waals surface area contributed by atoms with E-state index in [1.165, 1.54) is 11.4 Å². The normalized spacial score (nSPS) is 14.5. The van der Waals surface area contributed by atoms with Crippen LogP contribution in [0.4, 0.5) is 11.4 Å². The van der Waals surface area contributed by atoms with Crippen LogP contribution in [0.25, 0.3) is 11.4 Å². The molecule has 6 nitrogen and oxygen atoms in total. The summed E-state index contributed by atoms with van der Waals surface area (Å²) in [6.07, 6.45) is 0. The summed E-state index contributed by atoms with van der Waals surface area (Å²) in [6, 6.07) is 16.8. The molecule has 0 radical (unpaired) electrons. The number of piperazine rings is 1. The van der Waals surface area contributed by atoms with Crippen molar-refractivity contribution in [3.63, 3.8) is 0 Å². The van der Waals surface area contributed by atoms with Crippen molar-refractivity contribution >= 4 is 11.4 Å². The van der Waals surface area contributed by atoms with Gasteiger partial charge >= 0.3 is 0 Å². The third-order valence-electron chi connectivity index (χ3n) is 4.81. The van der Waals surface area contributed by atoms with Crippen molar-refractivity contribution in [3.8, 4) is 17.1 Å². The highest BCUT2D eigenvalue weighted by Crippen LogP contribution is 2.24. The molecule has 0 saturated carbocycles. The Balaban J connectivity index is 1.39. The number of hydrogen-bond donors (Lipinski definition) is 1. The number of aromatic nitrogens is 3. The zero-order valence-corrected chi connectivity index (χ0v) is 15.1. The van der Waals surface area contributed by atoms with Crippen LogP contribution in [-0.4, -0.2) is 48.5 Å². The van der Waals surface area contributed by atoms with Crippen LogP contribution in [0.1, 0.15) is 5.82 Å². The first kappa shape index (κ1) is 16.4. The summed E-state index contributed by atoms with van der Waals surface area (Å²) in [4.78, 5) is 9.22. The minimum Gasteiger partial charge on any atom is -0.497 e. The summed E-state index contributed by atoms with van der Waals surface area (Å²) < 4.78 is 5.24. The molecule has 4 rings (SSSR count). The number of H-pyrrole nitrogens is 1. The monoisotopic (exact) mass is 349 g/mol. The Labute approximate surface area is 153 Å². The van der Waals surface area contributed by atoms with Gasteiger partial charge in [0, 0.05) is 43.1 Å². The van der Waals surface area contributed by atoms with Gasteiger partial charge in [0.2, 0.25) is 0 Å². The molecule has 2 heterocycles. The predicted octanol–water partition coefficient (Wildman–Crippen LogP) is 3.12. The summed E-state index contributed by atoms with van der Waals surface area (Å²) in [7, 11) is 1.70. The number of benzene rings is 2. The van der Waals surface area contributed by atoms with E-state index in [9.17, 15) is 0 Å². The number of hydrogen-bond acceptors (Lipinski definition) is 5. The SMILES string of the molecule is COc1ccc(N2CCN(c3ccc(-c4n[nH]c(C)n4)cc3)CC2)cc1. The van der Waals surface area contributed by atoms with Gasteiger partial charge in [-0.3, -0.25) is 5.10 Å². The van der Waals surface area contributed by atoms with Crippen LogP contribution in [0.3, 0.4) is 0 Å². The van der Waals surface area contributed by atoms with Crippen molar-refractivity contribution in [2.45, 2.75) is 6.92 Å². The van der Waals surface area contributed by atoms with Gasteiger partial charge in [0.25, 0.3) is 0 Å². The molecule has 0 spiro atoms. The third kappa shape index (κ3) is 3.35. The first-order chi connectivity index (χ1) is 12.7. The Morgan fingerprint density at radius 1 is 0.846 bits per heavy atom. The van der Waals surface area contributed by atoms with Crippen LogP contribution in [-0.2, 0) is 0 Å². The van der Waals surface area contributed by atoms with Crippen molar-refractivity contribution in [1.29, 1.82) is 0 Å². The number of rotatable bonds is 4. The summed E-state index contributed by atoms with van der Waals surface area (Å²) in [6.45, 7) is 5.94. The largest absolute Gasteiger partial charge is 0.497 e. The molecule has 2 aromatic carbocycles. The molecular formula is C20H23N5O. The van der Waals surface area contributed by atoms with Crippen LogP contribution in [0.15, 0.2) is 48.5 Å². The average molecular weight is 349 g/mol. The number of nitrogens with zero attached hydrogens (tertiary/aromatic N) is 4. The molecule has 1 aromatic heterocycles. The number of anilines is 2. The lowest BCUT2D eigenvalue weighted by Gasteiger charge is -2.37. The molecule has 1 aliphatic heterocycles. The lowest BCUT2D eigenvalue weighted by Crippen LogP contribution is -2.46. The Morgan fingerprint density at radius 2 is 1.38 bits per heavy atom. The van der Waals surface area contributed by atoms with E-state index in [4.69, 9.17) is 4.74 Å². The van der Waals surface area contributed by atoms with Gasteiger partial charge < -0.3 is 14.5 Å². The molecule has 26 heavy (non-hydrogen) atoms. The molecule has 1 aliphatic rings. The molecule has 0 amide bonds. The first-order valence-electron chi connectivity index (χ1n) is 8.86. The maximum absolute atomic E-state index is 5.24. The van der Waals surface area contributed by atoms with Crippen LogP contribution in [0.2, 0.25) is 0 Å². The standard InChI is InChI=1S/C20H23N5O/c1-15-21-20(23-22-15)16-3-5-17(6-4-16)24-11-13-25(14-12-24)18-7-9-19(26-2)10-8-18/h3-10H,11-14H2,1-2H3,(H,21,22,23). The Bertz CT molecular complexity index is 849. The molecule has 0 atom stereocenters. The first-order valence-corrected chi connectivity index (χ1v) is 8.86. The minimum absolute atomic E-state index is 0.748. The van der Waals surface area contributed by atoms with E-state index in [0.29, 0.717) is 0 Å². The maximum atomic E-state index is 5.24. The van der Waals surface area contributed by atoms with Crippen LogP contribution in [0, 0.1) is 6.92 Å². The lowest BCUT2D eigenvalue weighted by molar-refractivity contribution is 0.415. The Hall–Kier alpha value is -3.02. The minimum atomic E-state index is 0.748. The van der Waals surface area contributed by atoms with Crippen molar-refractivity contribution in [1.82, 2.24) is 15.2 Å². The van der Waals surface area contributed by atoms with E-state index in [1.807, 2.05) is 19.1 Å². The summed E-state index contributed by atoms with van der Waals surface area (Å²) in [5.41, 5.74) is 3.53. The second-order valence-electron chi connectivity index (χ2n) is 6.46. The van der Waals surface area contributed by atoms with Crippen LogP contribution in [0.5, 0.6) is 5.75 Å². The summed E-state index contributed by atoms with van der Waals surface area (Å²) >= 11 is 0. The van der Waals surface area contributed by atoms with Crippen LogP contribution < -0.4 is 14.5 Å². The number of aromatic amines is 1. The number of ether oxygens (including phenoxy) is 1. The topological polar surface area (TPSA) is 57.3 Å². The fourth-order valence-corrected chi connectivity index (χ4v) is 3.31. The molecule has 134 valence electrons. The smallest absolute Gasteiger partial charge is 0.181 e. The molecule has 0 unspecified atom stereocenters. The quantitative estimate of drug-likeness (QED) is 0.784. The summed E-state index contributed by atoms with van der Waals surface area (Å²) in [5, 5.41) is 7.11. The van der Waals surface area contributed by atoms with Gasteiger partial charge in [0.15, 0.2) is 5.82 Å². The van der Waals surface area contributed by atoms with Crippen molar-refractivity contribution in [2.75, 3.05) is 43.1 Å². The van der Waals surface area contributed by atoms with Crippen molar-refractivity contribution in [3.05, 3.63) is 54.4 Å². The van der Waals surface area contributed by atoms with Gasteiger partial charge in [-0.2, -0.15) is 5.10 Å². The van der Waals surface area contributed by atoms with E-state index < -0.39 is 0 Å². The molecule has 1 fully saturated rings. The second kappa shape index (κ2) is 7.07. The lowest BCUT2D eigenvalue weighted by atomic mass is 10.1. The van der Waals surface area contributed by atoms with Crippen molar-refractivity contribution < 1.29 is 4.74 Å². The highest BCUT2D eigenvalue weighted by atomic mass is 16.5. The van der Waals surface area contributed by atoms with Crippen LogP contribution >= 0.6 is 0 Å². The molecule has 6 heteroatoms. The Morgan fingerprint density at radius 3 is 1.85 bits per heavy atom. The number of methoxy groups -OCH3 is 1.